The van der Waals surface area contributed by atoms with E-state index in [1.165, 1.54) is 5.56 Å². The molecule has 146 valence electrons. The molecule has 2 aromatic heterocycles. The molecule has 29 heavy (non-hydrogen) atoms. The third-order valence-electron chi connectivity index (χ3n) is 5.08. The number of fused-ring (bicyclic) bond motifs is 2. The molecule has 5 rings (SSSR count). The van der Waals surface area contributed by atoms with Crippen LogP contribution in [0.2, 0.25) is 0 Å². The topological polar surface area (TPSA) is 52.5 Å². The van der Waals surface area contributed by atoms with E-state index in [1.54, 1.807) is 11.3 Å². The van der Waals surface area contributed by atoms with E-state index in [9.17, 15) is 4.79 Å². The van der Waals surface area contributed by atoms with E-state index in [4.69, 9.17) is 9.47 Å². The van der Waals surface area contributed by atoms with Gasteiger partial charge in [0, 0.05) is 13.1 Å². The van der Waals surface area contributed by atoms with Crippen molar-refractivity contribution in [3.8, 4) is 11.5 Å². The molecule has 0 saturated carbocycles. The fourth-order valence-corrected chi connectivity index (χ4v) is 4.43. The van der Waals surface area contributed by atoms with Crippen LogP contribution in [0.4, 0.5) is 0 Å². The summed E-state index contributed by atoms with van der Waals surface area (Å²) >= 11 is 1.66. The maximum Gasteiger partial charge on any atom is 0.267 e. The standard InChI is InChI=1S/C23H20N2O3S/c26-23(24-10-8-16-6-7-20-21(12-16)28-15-27-20)19-13-22-18(9-11-29-22)25(19)14-17-4-2-1-3-5-17/h1-7,9,11-13H,8,10,14-15H2,(H,24,26). The highest BCUT2D eigenvalue weighted by Gasteiger charge is 2.17. The van der Waals surface area contributed by atoms with Crippen LogP contribution in [0.5, 0.6) is 11.5 Å². The zero-order valence-corrected chi connectivity index (χ0v) is 16.6. The number of amides is 1. The van der Waals surface area contributed by atoms with Crippen molar-refractivity contribution >= 4 is 27.5 Å². The quantitative estimate of drug-likeness (QED) is 0.516. The summed E-state index contributed by atoms with van der Waals surface area (Å²) in [6.45, 7) is 1.50. The second-order valence-electron chi connectivity index (χ2n) is 6.96. The van der Waals surface area contributed by atoms with Crippen LogP contribution >= 0.6 is 11.3 Å². The molecule has 0 bridgehead atoms. The molecule has 0 fully saturated rings. The van der Waals surface area contributed by atoms with E-state index < -0.39 is 0 Å². The summed E-state index contributed by atoms with van der Waals surface area (Å²) in [6, 6.07) is 20.2. The molecular weight excluding hydrogens is 384 g/mol. The summed E-state index contributed by atoms with van der Waals surface area (Å²) in [5.74, 6) is 1.49. The summed E-state index contributed by atoms with van der Waals surface area (Å²) in [7, 11) is 0. The molecule has 0 unspecified atom stereocenters. The molecule has 0 atom stereocenters. The molecule has 1 amide bonds. The van der Waals surface area contributed by atoms with Gasteiger partial charge in [-0.3, -0.25) is 4.79 Å². The Morgan fingerprint density at radius 2 is 1.86 bits per heavy atom. The second kappa shape index (κ2) is 7.64. The maximum atomic E-state index is 12.9. The van der Waals surface area contributed by atoms with Gasteiger partial charge in [0.2, 0.25) is 6.79 Å². The predicted octanol–water partition coefficient (Wildman–Crippen LogP) is 4.45. The fraction of sp³-hybridized carbons (Fsp3) is 0.174. The van der Waals surface area contributed by atoms with E-state index in [0.717, 1.165) is 33.7 Å². The Labute approximate surface area is 172 Å². The number of aromatic nitrogens is 1. The lowest BCUT2D eigenvalue weighted by molar-refractivity contribution is 0.0946. The minimum absolute atomic E-state index is 0.0509. The fourth-order valence-electron chi connectivity index (χ4n) is 3.61. The number of carbonyl (C=O) groups excluding carboxylic acids is 1. The number of hydrogen-bond acceptors (Lipinski definition) is 4. The highest BCUT2D eigenvalue weighted by Crippen LogP contribution is 2.32. The first-order valence-corrected chi connectivity index (χ1v) is 10.4. The van der Waals surface area contributed by atoms with Crippen LogP contribution in [0.3, 0.4) is 0 Å². The largest absolute Gasteiger partial charge is 0.454 e. The Morgan fingerprint density at radius 1 is 1.00 bits per heavy atom. The lowest BCUT2D eigenvalue weighted by Crippen LogP contribution is -2.28. The molecule has 0 aliphatic carbocycles. The average Bonchev–Trinajstić information content (AvgIpc) is 3.45. The van der Waals surface area contributed by atoms with Crippen LogP contribution < -0.4 is 14.8 Å². The van der Waals surface area contributed by atoms with Gasteiger partial charge in [-0.25, -0.2) is 0 Å². The summed E-state index contributed by atoms with van der Waals surface area (Å²) in [5, 5.41) is 5.13. The van der Waals surface area contributed by atoms with E-state index in [0.29, 0.717) is 18.8 Å². The number of thiophene rings is 1. The van der Waals surface area contributed by atoms with Crippen LogP contribution in [-0.4, -0.2) is 23.8 Å². The van der Waals surface area contributed by atoms with Crippen molar-refractivity contribution in [3.63, 3.8) is 0 Å². The highest BCUT2D eigenvalue weighted by atomic mass is 32.1. The van der Waals surface area contributed by atoms with E-state index in [1.807, 2.05) is 42.5 Å². The Balaban J connectivity index is 1.30. The predicted molar refractivity (Wildman–Crippen MR) is 114 cm³/mol. The second-order valence-corrected chi connectivity index (χ2v) is 7.91. The zero-order chi connectivity index (χ0) is 19.6. The smallest absolute Gasteiger partial charge is 0.267 e. The first-order chi connectivity index (χ1) is 14.3. The molecule has 5 nitrogen and oxygen atoms in total. The molecule has 2 aromatic carbocycles. The van der Waals surface area contributed by atoms with Crippen molar-refractivity contribution in [1.29, 1.82) is 0 Å². The normalized spacial score (nSPS) is 12.4. The third-order valence-corrected chi connectivity index (χ3v) is 5.93. The molecule has 0 saturated heterocycles. The number of nitrogens with one attached hydrogen (secondary N) is 1. The van der Waals surface area contributed by atoms with Gasteiger partial charge in [0.15, 0.2) is 11.5 Å². The Bertz CT molecular complexity index is 1160. The monoisotopic (exact) mass is 404 g/mol. The lowest BCUT2D eigenvalue weighted by Gasteiger charge is -2.11. The summed E-state index contributed by atoms with van der Waals surface area (Å²) in [6.07, 6.45) is 0.732. The van der Waals surface area contributed by atoms with Crippen LogP contribution in [0.25, 0.3) is 10.2 Å². The van der Waals surface area contributed by atoms with Crippen LogP contribution in [-0.2, 0) is 13.0 Å². The Kier molecular flexibility index (Phi) is 4.69. The molecule has 0 spiro atoms. The Hall–Kier alpha value is -3.25. The summed E-state index contributed by atoms with van der Waals surface area (Å²) in [5.41, 5.74) is 4.07. The van der Waals surface area contributed by atoms with E-state index >= 15 is 0 Å². The first kappa shape index (κ1) is 17.8. The van der Waals surface area contributed by atoms with Gasteiger partial charge in [0.1, 0.15) is 5.69 Å². The number of hydrogen-bond donors (Lipinski definition) is 1. The van der Waals surface area contributed by atoms with Crippen molar-refractivity contribution in [2.75, 3.05) is 13.3 Å². The first-order valence-electron chi connectivity index (χ1n) is 9.55. The van der Waals surface area contributed by atoms with Gasteiger partial charge in [-0.15, -0.1) is 11.3 Å². The number of rotatable bonds is 6. The van der Waals surface area contributed by atoms with Crippen molar-refractivity contribution in [3.05, 3.63) is 82.9 Å². The molecular formula is C23H20N2O3S. The van der Waals surface area contributed by atoms with Gasteiger partial charge < -0.3 is 19.4 Å². The molecule has 1 N–H and O–H groups in total. The SMILES string of the molecule is O=C(NCCc1ccc2c(c1)OCO2)c1cc2sccc2n1Cc1ccccc1. The molecule has 1 aliphatic rings. The number of nitrogens with zero attached hydrogens (tertiary/aromatic N) is 1. The minimum atomic E-state index is -0.0509. The van der Waals surface area contributed by atoms with E-state index in [2.05, 4.69) is 33.5 Å². The lowest BCUT2D eigenvalue weighted by atomic mass is 10.1. The highest BCUT2D eigenvalue weighted by molar-refractivity contribution is 7.17. The van der Waals surface area contributed by atoms with Gasteiger partial charge in [0.05, 0.1) is 10.2 Å². The molecule has 0 radical (unpaired) electrons. The van der Waals surface area contributed by atoms with Gasteiger partial charge in [-0.1, -0.05) is 36.4 Å². The third kappa shape index (κ3) is 3.59. The number of benzene rings is 2. The average molecular weight is 404 g/mol. The van der Waals surface area contributed by atoms with Gasteiger partial charge >= 0.3 is 0 Å². The van der Waals surface area contributed by atoms with Gasteiger partial charge in [-0.2, -0.15) is 0 Å². The zero-order valence-electron chi connectivity index (χ0n) is 15.8. The molecule has 6 heteroatoms. The van der Waals surface area contributed by atoms with Crippen LogP contribution in [0.15, 0.2) is 66.0 Å². The Morgan fingerprint density at radius 3 is 2.76 bits per heavy atom. The van der Waals surface area contributed by atoms with Crippen molar-refractivity contribution in [1.82, 2.24) is 9.88 Å². The minimum Gasteiger partial charge on any atom is -0.454 e. The molecule has 4 aromatic rings. The van der Waals surface area contributed by atoms with Gasteiger partial charge in [0.25, 0.3) is 5.91 Å². The van der Waals surface area contributed by atoms with Crippen molar-refractivity contribution in [2.45, 2.75) is 13.0 Å². The van der Waals surface area contributed by atoms with Crippen LogP contribution in [0, 0.1) is 0 Å². The van der Waals surface area contributed by atoms with Crippen molar-refractivity contribution in [2.24, 2.45) is 0 Å². The molecule has 1 aliphatic heterocycles. The maximum absolute atomic E-state index is 12.9. The summed E-state index contributed by atoms with van der Waals surface area (Å²) < 4.78 is 14.0. The number of ether oxygens (including phenoxy) is 2. The van der Waals surface area contributed by atoms with Crippen molar-refractivity contribution < 1.29 is 14.3 Å². The summed E-state index contributed by atoms with van der Waals surface area (Å²) in [4.78, 5) is 12.9. The van der Waals surface area contributed by atoms with Gasteiger partial charge in [-0.05, 0) is 47.2 Å². The van der Waals surface area contributed by atoms with Crippen LogP contribution in [0.1, 0.15) is 21.6 Å². The van der Waals surface area contributed by atoms with E-state index in [-0.39, 0.29) is 12.7 Å². The molecule has 3 heterocycles. The number of carbonyl (C=O) groups is 1.